The molecule has 0 bridgehead atoms. The number of esters is 3. The molecular weight excluding hydrogens is 442 g/mol. The highest BCUT2D eigenvalue weighted by atomic mass is 16.5. The quantitative estimate of drug-likeness (QED) is 0.151. The Bertz CT molecular complexity index is 868. The third-order valence-electron chi connectivity index (χ3n) is 4.29. The monoisotopic (exact) mass is 473 g/mol. The van der Waals surface area contributed by atoms with Crippen LogP contribution in [0, 0.1) is 0 Å². The number of nitrogens with one attached hydrogen (secondary N) is 2. The van der Waals surface area contributed by atoms with E-state index in [-0.39, 0.29) is 39.1 Å². The number of urea groups is 1. The average Bonchev–Trinajstić information content (AvgIpc) is 2.82. The average molecular weight is 474 g/mol. The predicted molar refractivity (Wildman–Crippen MR) is 127 cm³/mol. The van der Waals surface area contributed by atoms with Crippen LogP contribution in [0.25, 0.3) is 0 Å². The summed E-state index contributed by atoms with van der Waals surface area (Å²) in [5, 5.41) is 4.94. The number of carbonyl (C=O) groups is 4. The molecule has 0 saturated heterocycles. The molecule has 10 heteroatoms. The van der Waals surface area contributed by atoms with Gasteiger partial charge in [0, 0.05) is 18.5 Å². The SMILES string of the molecule is C=CCOC(=O)CC[C@H](NC(=O)NC(Cc1ccc(N)cc1)C(=O)OCC=C)C(=O)OCC=C. The van der Waals surface area contributed by atoms with Crippen molar-refractivity contribution in [2.75, 3.05) is 25.6 Å². The van der Waals surface area contributed by atoms with Gasteiger partial charge in [-0.25, -0.2) is 14.4 Å². The van der Waals surface area contributed by atoms with Crippen LogP contribution in [-0.2, 0) is 35.0 Å². The highest BCUT2D eigenvalue weighted by Gasteiger charge is 2.27. The zero-order valence-electron chi connectivity index (χ0n) is 19.0. The molecule has 184 valence electrons. The van der Waals surface area contributed by atoms with E-state index < -0.39 is 36.0 Å². The summed E-state index contributed by atoms with van der Waals surface area (Å²) >= 11 is 0. The predicted octanol–water partition coefficient (Wildman–Crippen LogP) is 1.82. The van der Waals surface area contributed by atoms with Gasteiger partial charge in [-0.05, 0) is 24.1 Å². The Morgan fingerprint density at radius 1 is 0.824 bits per heavy atom. The standard InChI is InChI=1S/C24H31N3O7/c1-4-13-32-21(28)12-11-19(22(29)33-14-5-2)26-24(31)27-20(23(30)34-15-6-3)16-17-7-9-18(25)10-8-17/h4-10,19-20H,1-3,11-16,25H2,(H2,26,27,31)/t19-,20?/m0/s1. The topological polar surface area (TPSA) is 146 Å². The Morgan fingerprint density at radius 2 is 1.32 bits per heavy atom. The van der Waals surface area contributed by atoms with E-state index in [9.17, 15) is 19.2 Å². The van der Waals surface area contributed by atoms with Gasteiger partial charge in [0.25, 0.3) is 0 Å². The van der Waals surface area contributed by atoms with E-state index in [1.165, 1.54) is 18.2 Å². The van der Waals surface area contributed by atoms with Crippen molar-refractivity contribution in [3.8, 4) is 0 Å². The fraction of sp³-hybridized carbons (Fsp3) is 0.333. The van der Waals surface area contributed by atoms with Crippen LogP contribution in [0.15, 0.2) is 62.2 Å². The second-order valence-corrected chi connectivity index (χ2v) is 7.02. The second-order valence-electron chi connectivity index (χ2n) is 7.02. The van der Waals surface area contributed by atoms with Crippen LogP contribution in [0.3, 0.4) is 0 Å². The summed E-state index contributed by atoms with van der Waals surface area (Å²) in [5.41, 5.74) is 6.96. The van der Waals surface area contributed by atoms with E-state index in [0.717, 1.165) is 5.56 Å². The van der Waals surface area contributed by atoms with Crippen molar-refractivity contribution in [1.29, 1.82) is 0 Å². The molecular formula is C24H31N3O7. The molecule has 0 fully saturated rings. The Kier molecular flexibility index (Phi) is 12.9. The zero-order valence-corrected chi connectivity index (χ0v) is 19.0. The van der Waals surface area contributed by atoms with Crippen molar-refractivity contribution in [2.24, 2.45) is 0 Å². The smallest absolute Gasteiger partial charge is 0.329 e. The van der Waals surface area contributed by atoms with Crippen LogP contribution in [-0.4, -0.2) is 55.8 Å². The molecule has 1 aromatic rings. The first-order valence-electron chi connectivity index (χ1n) is 10.5. The maximum atomic E-state index is 12.7. The lowest BCUT2D eigenvalue weighted by atomic mass is 10.1. The molecule has 0 spiro atoms. The van der Waals surface area contributed by atoms with E-state index in [2.05, 4.69) is 30.4 Å². The minimum Gasteiger partial charge on any atom is -0.461 e. The number of nitrogen functional groups attached to an aromatic ring is 1. The van der Waals surface area contributed by atoms with Gasteiger partial charge in [0.2, 0.25) is 0 Å². The number of hydrogen-bond acceptors (Lipinski definition) is 8. The highest BCUT2D eigenvalue weighted by Crippen LogP contribution is 2.10. The van der Waals surface area contributed by atoms with Crippen molar-refractivity contribution in [3.63, 3.8) is 0 Å². The van der Waals surface area contributed by atoms with Gasteiger partial charge in [0.05, 0.1) is 0 Å². The number of rotatable bonds is 15. The lowest BCUT2D eigenvalue weighted by Gasteiger charge is -2.21. The van der Waals surface area contributed by atoms with Crippen LogP contribution in [0.2, 0.25) is 0 Å². The fourth-order valence-electron chi connectivity index (χ4n) is 2.66. The number of benzene rings is 1. The third-order valence-corrected chi connectivity index (χ3v) is 4.29. The Balaban J connectivity index is 2.88. The maximum absolute atomic E-state index is 12.7. The molecule has 0 radical (unpaired) electrons. The minimum atomic E-state index is -1.17. The van der Waals surface area contributed by atoms with Crippen LogP contribution in [0.1, 0.15) is 18.4 Å². The first-order valence-corrected chi connectivity index (χ1v) is 10.5. The lowest BCUT2D eigenvalue weighted by molar-refractivity contribution is -0.146. The summed E-state index contributed by atoms with van der Waals surface area (Å²) < 4.78 is 15.0. The van der Waals surface area contributed by atoms with E-state index in [0.29, 0.717) is 5.69 Å². The molecule has 4 N–H and O–H groups in total. The molecule has 10 nitrogen and oxygen atoms in total. The van der Waals surface area contributed by atoms with Gasteiger partial charge in [-0.2, -0.15) is 0 Å². The lowest BCUT2D eigenvalue weighted by Crippen LogP contribution is -2.52. The summed E-state index contributed by atoms with van der Waals surface area (Å²) in [6.07, 6.45) is 4.05. The van der Waals surface area contributed by atoms with Gasteiger partial charge in [-0.3, -0.25) is 4.79 Å². The van der Waals surface area contributed by atoms with Crippen molar-refractivity contribution in [2.45, 2.75) is 31.3 Å². The Hall–Kier alpha value is -4.08. The Morgan fingerprint density at radius 3 is 1.88 bits per heavy atom. The van der Waals surface area contributed by atoms with Crippen LogP contribution >= 0.6 is 0 Å². The molecule has 0 aliphatic rings. The number of hydrogen-bond donors (Lipinski definition) is 3. The number of nitrogens with two attached hydrogens (primary N) is 1. The highest BCUT2D eigenvalue weighted by molar-refractivity contribution is 5.87. The first-order chi connectivity index (χ1) is 16.3. The molecule has 1 rings (SSSR count). The first kappa shape index (κ1) is 28.0. The number of amides is 2. The Labute approximate surface area is 198 Å². The van der Waals surface area contributed by atoms with Gasteiger partial charge in [-0.15, -0.1) is 0 Å². The van der Waals surface area contributed by atoms with Crippen LogP contribution in [0.4, 0.5) is 10.5 Å². The van der Waals surface area contributed by atoms with E-state index in [1.807, 2.05) is 0 Å². The van der Waals surface area contributed by atoms with Crippen molar-refractivity contribution in [3.05, 3.63) is 67.8 Å². The molecule has 0 aliphatic heterocycles. The molecule has 0 aromatic heterocycles. The van der Waals surface area contributed by atoms with Gasteiger partial charge >= 0.3 is 23.9 Å². The number of ether oxygens (including phenoxy) is 3. The van der Waals surface area contributed by atoms with Crippen molar-refractivity contribution in [1.82, 2.24) is 10.6 Å². The van der Waals surface area contributed by atoms with Gasteiger partial charge in [-0.1, -0.05) is 50.1 Å². The molecule has 34 heavy (non-hydrogen) atoms. The van der Waals surface area contributed by atoms with E-state index >= 15 is 0 Å². The largest absolute Gasteiger partial charge is 0.461 e. The summed E-state index contributed by atoms with van der Waals surface area (Å²) in [6, 6.07) is 3.71. The van der Waals surface area contributed by atoms with E-state index in [4.69, 9.17) is 19.9 Å². The fourth-order valence-corrected chi connectivity index (χ4v) is 2.66. The van der Waals surface area contributed by atoms with Crippen molar-refractivity contribution >= 4 is 29.6 Å². The van der Waals surface area contributed by atoms with Crippen molar-refractivity contribution < 1.29 is 33.4 Å². The maximum Gasteiger partial charge on any atom is 0.329 e. The molecule has 2 atom stereocenters. The molecule has 1 unspecified atom stereocenters. The molecule has 2 amide bonds. The summed E-state index contributed by atoms with van der Waals surface area (Å²) in [6.45, 7) is 10.3. The molecule has 0 aliphatic carbocycles. The summed E-state index contributed by atoms with van der Waals surface area (Å²) in [5.74, 6) is -2.03. The molecule has 1 aromatic carbocycles. The molecule has 0 saturated carbocycles. The normalized spacial score (nSPS) is 11.8. The second kappa shape index (κ2) is 15.7. The molecule has 0 heterocycles. The number of anilines is 1. The summed E-state index contributed by atoms with van der Waals surface area (Å²) in [7, 11) is 0. The van der Waals surface area contributed by atoms with Crippen LogP contribution < -0.4 is 16.4 Å². The third kappa shape index (κ3) is 11.0. The number of carbonyl (C=O) groups excluding carboxylic acids is 4. The van der Waals surface area contributed by atoms with Gasteiger partial charge in [0.15, 0.2) is 0 Å². The van der Waals surface area contributed by atoms with Gasteiger partial charge < -0.3 is 30.6 Å². The summed E-state index contributed by atoms with van der Waals surface area (Å²) in [4.78, 5) is 49.3. The van der Waals surface area contributed by atoms with Crippen LogP contribution in [0.5, 0.6) is 0 Å². The minimum absolute atomic E-state index is 0.0258. The van der Waals surface area contributed by atoms with E-state index in [1.54, 1.807) is 24.3 Å². The zero-order chi connectivity index (χ0) is 25.3. The van der Waals surface area contributed by atoms with Gasteiger partial charge in [0.1, 0.15) is 31.9 Å².